The lowest BCUT2D eigenvalue weighted by atomic mass is 10.0. The first-order valence-electron chi connectivity index (χ1n) is 29.2. The number of phosphoric acid groups is 1. The standard InChI is InChI=1S/C58H115N2O6P/c1-6-8-10-12-14-16-18-20-22-24-26-27-28-29-30-31-32-33-34-36-38-40-42-44-46-48-50-52-58(62)59-56(55-66-67(63,64)65-54-53-60(3,4)5)57(61)51-49-47-45-43-41-39-37-35-25-23-21-19-17-15-13-11-9-7-2/h18,20,24,26,56-57,61H,6-17,19,21-23,25,27-55H2,1-5H3,(H-,59,62,63,64)/p+1/b20-18-,26-24-. The van der Waals surface area contributed by atoms with Crippen molar-refractivity contribution >= 4 is 13.7 Å². The predicted molar refractivity (Wildman–Crippen MR) is 291 cm³/mol. The fourth-order valence-electron chi connectivity index (χ4n) is 8.84. The number of unbranched alkanes of at least 4 members (excludes halogenated alkanes) is 37. The van der Waals surface area contributed by atoms with Gasteiger partial charge in [0.15, 0.2) is 0 Å². The lowest BCUT2D eigenvalue weighted by Gasteiger charge is -2.26. The molecule has 0 aliphatic carbocycles. The molecule has 0 heterocycles. The van der Waals surface area contributed by atoms with E-state index in [-0.39, 0.29) is 19.1 Å². The van der Waals surface area contributed by atoms with Crippen LogP contribution in [0.4, 0.5) is 0 Å². The highest BCUT2D eigenvalue weighted by Crippen LogP contribution is 2.43. The first-order chi connectivity index (χ1) is 32.5. The van der Waals surface area contributed by atoms with Crippen molar-refractivity contribution in [2.45, 2.75) is 302 Å². The number of allylic oxidation sites excluding steroid dienone is 4. The second kappa shape index (κ2) is 49.9. The third kappa shape index (κ3) is 52.6. The van der Waals surface area contributed by atoms with E-state index in [1.165, 1.54) is 218 Å². The van der Waals surface area contributed by atoms with E-state index in [1.807, 2.05) is 21.1 Å². The minimum Gasteiger partial charge on any atom is -0.391 e. The van der Waals surface area contributed by atoms with Crippen LogP contribution < -0.4 is 5.32 Å². The average molecular weight is 969 g/mol. The Kier molecular flexibility index (Phi) is 49.2. The van der Waals surface area contributed by atoms with Gasteiger partial charge in [-0.3, -0.25) is 13.8 Å². The van der Waals surface area contributed by atoms with E-state index in [2.05, 4.69) is 43.5 Å². The normalized spacial score (nSPS) is 14.1. The van der Waals surface area contributed by atoms with Gasteiger partial charge in [-0.05, 0) is 44.9 Å². The molecule has 3 N–H and O–H groups in total. The van der Waals surface area contributed by atoms with Crippen LogP contribution in [0.5, 0.6) is 0 Å². The monoisotopic (exact) mass is 968 g/mol. The van der Waals surface area contributed by atoms with Crippen LogP contribution in [0.1, 0.15) is 290 Å². The van der Waals surface area contributed by atoms with Crippen molar-refractivity contribution in [2.75, 3.05) is 40.9 Å². The van der Waals surface area contributed by atoms with Gasteiger partial charge >= 0.3 is 7.82 Å². The molecule has 0 aromatic rings. The zero-order chi connectivity index (χ0) is 49.2. The Morgan fingerprint density at radius 1 is 0.507 bits per heavy atom. The summed E-state index contributed by atoms with van der Waals surface area (Å²) < 4.78 is 23.8. The van der Waals surface area contributed by atoms with Gasteiger partial charge in [-0.2, -0.15) is 0 Å². The van der Waals surface area contributed by atoms with Gasteiger partial charge < -0.3 is 19.8 Å². The average Bonchev–Trinajstić information content (AvgIpc) is 3.29. The molecule has 8 nitrogen and oxygen atoms in total. The number of quaternary nitrogens is 1. The molecule has 3 unspecified atom stereocenters. The molecule has 0 aromatic heterocycles. The number of hydrogen-bond donors (Lipinski definition) is 3. The van der Waals surface area contributed by atoms with Crippen molar-refractivity contribution in [2.24, 2.45) is 0 Å². The summed E-state index contributed by atoms with van der Waals surface area (Å²) in [5.41, 5.74) is 0. The molecule has 1 amide bonds. The van der Waals surface area contributed by atoms with E-state index in [9.17, 15) is 19.4 Å². The number of carbonyl (C=O) groups excluding carboxylic acids is 1. The third-order valence-electron chi connectivity index (χ3n) is 13.5. The summed E-state index contributed by atoms with van der Waals surface area (Å²) in [6, 6.07) is -0.759. The molecule has 0 aromatic carbocycles. The van der Waals surface area contributed by atoms with Gasteiger partial charge in [-0.25, -0.2) is 4.57 Å². The molecule has 0 fully saturated rings. The fourth-order valence-corrected chi connectivity index (χ4v) is 9.58. The van der Waals surface area contributed by atoms with E-state index in [0.717, 1.165) is 44.9 Å². The Morgan fingerprint density at radius 2 is 0.851 bits per heavy atom. The summed E-state index contributed by atoms with van der Waals surface area (Å²) >= 11 is 0. The molecule has 0 rings (SSSR count). The van der Waals surface area contributed by atoms with Crippen LogP contribution in [0.3, 0.4) is 0 Å². The van der Waals surface area contributed by atoms with Crippen LogP contribution in [0.25, 0.3) is 0 Å². The van der Waals surface area contributed by atoms with Gasteiger partial charge in [0.2, 0.25) is 5.91 Å². The molecule has 9 heteroatoms. The van der Waals surface area contributed by atoms with Crippen molar-refractivity contribution < 1.29 is 32.9 Å². The van der Waals surface area contributed by atoms with Crippen LogP contribution >= 0.6 is 7.82 Å². The molecular weight excluding hydrogens is 852 g/mol. The number of likely N-dealkylation sites (N-methyl/N-ethyl adjacent to an activating group) is 1. The van der Waals surface area contributed by atoms with Crippen LogP contribution in [0, 0.1) is 0 Å². The van der Waals surface area contributed by atoms with Crippen LogP contribution in [0.2, 0.25) is 0 Å². The molecule has 398 valence electrons. The molecule has 0 aliphatic heterocycles. The highest BCUT2D eigenvalue weighted by atomic mass is 31.2. The molecule has 0 saturated heterocycles. The van der Waals surface area contributed by atoms with E-state index in [4.69, 9.17) is 9.05 Å². The highest BCUT2D eigenvalue weighted by Gasteiger charge is 2.28. The van der Waals surface area contributed by atoms with Crippen molar-refractivity contribution in [3.8, 4) is 0 Å². The van der Waals surface area contributed by atoms with Crippen LogP contribution in [-0.4, -0.2) is 73.4 Å². The molecule has 0 aliphatic rings. The molecule has 3 atom stereocenters. The number of amides is 1. The van der Waals surface area contributed by atoms with Crippen molar-refractivity contribution in [1.29, 1.82) is 0 Å². The van der Waals surface area contributed by atoms with Gasteiger partial charge in [0.25, 0.3) is 0 Å². The Bertz CT molecular complexity index is 1140. The van der Waals surface area contributed by atoms with Gasteiger partial charge in [0.05, 0.1) is 39.9 Å². The number of nitrogens with one attached hydrogen (secondary N) is 1. The maximum Gasteiger partial charge on any atom is 0.472 e. The highest BCUT2D eigenvalue weighted by molar-refractivity contribution is 7.47. The van der Waals surface area contributed by atoms with E-state index < -0.39 is 20.0 Å². The quantitative estimate of drug-likeness (QED) is 0.0243. The SMILES string of the molecule is CCCCCCC/C=C\C/C=C\CCCCCCCCCCCCCCCCCC(=O)NC(COP(=O)(O)OCC[N+](C)(C)C)C(O)CCCCCCCCCCCCCCCCCCCC. The lowest BCUT2D eigenvalue weighted by Crippen LogP contribution is -2.46. The maximum atomic E-state index is 13.0. The van der Waals surface area contributed by atoms with E-state index in [1.54, 1.807) is 0 Å². The lowest BCUT2D eigenvalue weighted by molar-refractivity contribution is -0.870. The topological polar surface area (TPSA) is 105 Å². The predicted octanol–water partition coefficient (Wildman–Crippen LogP) is 17.6. The number of nitrogens with zero attached hydrogens (tertiary/aromatic N) is 1. The molecule has 0 spiro atoms. The summed E-state index contributed by atoms with van der Waals surface area (Å²) in [6.07, 6.45) is 62.3. The van der Waals surface area contributed by atoms with Gasteiger partial charge in [-0.1, -0.05) is 263 Å². The van der Waals surface area contributed by atoms with Crippen LogP contribution in [-0.2, 0) is 18.4 Å². The fraction of sp³-hybridized carbons (Fsp3) is 0.914. The van der Waals surface area contributed by atoms with Gasteiger partial charge in [0, 0.05) is 6.42 Å². The molecule has 0 bridgehead atoms. The van der Waals surface area contributed by atoms with Crippen molar-refractivity contribution in [1.82, 2.24) is 5.32 Å². The Labute approximate surface area is 417 Å². The second-order valence-electron chi connectivity index (χ2n) is 21.4. The summed E-state index contributed by atoms with van der Waals surface area (Å²) in [5, 5.41) is 14.1. The number of hydrogen-bond acceptors (Lipinski definition) is 5. The minimum atomic E-state index is -4.32. The Balaban J connectivity index is 4.11. The number of aliphatic hydroxyl groups excluding tert-OH is 1. The molecule has 67 heavy (non-hydrogen) atoms. The molecule has 0 radical (unpaired) electrons. The Hall–Kier alpha value is -1.02. The van der Waals surface area contributed by atoms with E-state index in [0.29, 0.717) is 23.9 Å². The molecule has 0 saturated carbocycles. The van der Waals surface area contributed by atoms with Crippen molar-refractivity contribution in [3.05, 3.63) is 24.3 Å². The third-order valence-corrected chi connectivity index (χ3v) is 14.4. The first kappa shape index (κ1) is 66.0. The summed E-state index contributed by atoms with van der Waals surface area (Å²) in [6.45, 7) is 4.92. The largest absolute Gasteiger partial charge is 0.472 e. The second-order valence-corrected chi connectivity index (χ2v) is 22.8. The number of aliphatic hydroxyl groups is 1. The number of rotatable bonds is 54. The smallest absolute Gasteiger partial charge is 0.391 e. The zero-order valence-electron chi connectivity index (χ0n) is 45.4. The van der Waals surface area contributed by atoms with Gasteiger partial charge in [0.1, 0.15) is 13.2 Å². The number of carbonyl (C=O) groups is 1. The zero-order valence-corrected chi connectivity index (χ0v) is 46.3. The van der Waals surface area contributed by atoms with Gasteiger partial charge in [-0.15, -0.1) is 0 Å². The molecular formula is C58H116N2O6P+. The first-order valence-corrected chi connectivity index (χ1v) is 30.7. The summed E-state index contributed by atoms with van der Waals surface area (Å²) in [5.74, 6) is -0.140. The number of phosphoric ester groups is 1. The van der Waals surface area contributed by atoms with Crippen LogP contribution in [0.15, 0.2) is 24.3 Å². The van der Waals surface area contributed by atoms with E-state index >= 15 is 0 Å². The Morgan fingerprint density at radius 3 is 1.22 bits per heavy atom. The summed E-state index contributed by atoms with van der Waals surface area (Å²) in [7, 11) is 1.63. The summed E-state index contributed by atoms with van der Waals surface area (Å²) in [4.78, 5) is 23.3. The minimum absolute atomic E-state index is 0.0766. The van der Waals surface area contributed by atoms with Crippen molar-refractivity contribution in [3.63, 3.8) is 0 Å². The maximum absolute atomic E-state index is 13.0.